The molecule has 0 N–H and O–H groups in total. The maximum atomic E-state index is 12.7. The number of anilines is 1. The van der Waals surface area contributed by atoms with Crippen LogP contribution in [-0.2, 0) is 0 Å². The van der Waals surface area contributed by atoms with Crippen molar-refractivity contribution in [1.29, 1.82) is 5.26 Å². The molecule has 0 aliphatic carbocycles. The Morgan fingerprint density at radius 2 is 1.95 bits per heavy atom. The molecule has 106 valence electrons. The van der Waals surface area contributed by atoms with Crippen LogP contribution in [-0.4, -0.2) is 19.6 Å². The normalized spacial score (nSPS) is 9.71. The van der Waals surface area contributed by atoms with Gasteiger partial charge in [0.05, 0.1) is 19.6 Å². The van der Waals surface area contributed by atoms with Gasteiger partial charge >= 0.3 is 0 Å². The summed E-state index contributed by atoms with van der Waals surface area (Å²) in [5, 5.41) is 8.79. The number of para-hydroxylation sites is 1. The highest BCUT2D eigenvalue weighted by atomic mass is 16.5. The standard InChI is InChI=1S/C17H16N2O2/c1-21-16-10-5-7-14(13-16)17(20)19(12-6-11-18)15-8-3-2-4-9-15/h2-5,7-10,13H,6,12H2,1H3. The van der Waals surface area contributed by atoms with Gasteiger partial charge in [-0.05, 0) is 30.3 Å². The quantitative estimate of drug-likeness (QED) is 0.844. The summed E-state index contributed by atoms with van der Waals surface area (Å²) < 4.78 is 5.15. The summed E-state index contributed by atoms with van der Waals surface area (Å²) in [6, 6.07) is 18.4. The molecule has 2 rings (SSSR count). The van der Waals surface area contributed by atoms with Crippen LogP contribution < -0.4 is 9.64 Å². The lowest BCUT2D eigenvalue weighted by atomic mass is 10.1. The predicted molar refractivity (Wildman–Crippen MR) is 81.3 cm³/mol. The van der Waals surface area contributed by atoms with E-state index in [0.29, 0.717) is 17.9 Å². The number of carbonyl (C=O) groups excluding carboxylic acids is 1. The van der Waals surface area contributed by atoms with Crippen LogP contribution in [0.2, 0.25) is 0 Å². The Balaban J connectivity index is 2.32. The number of rotatable bonds is 5. The minimum atomic E-state index is -0.143. The van der Waals surface area contributed by atoms with E-state index in [1.165, 1.54) is 0 Å². The van der Waals surface area contributed by atoms with Crippen molar-refractivity contribution in [3.05, 3.63) is 60.2 Å². The monoisotopic (exact) mass is 280 g/mol. The molecule has 0 atom stereocenters. The topological polar surface area (TPSA) is 53.3 Å². The fourth-order valence-electron chi connectivity index (χ4n) is 2.03. The van der Waals surface area contributed by atoms with Crippen LogP contribution in [0, 0.1) is 11.3 Å². The Labute approximate surface area is 124 Å². The van der Waals surface area contributed by atoms with Crippen LogP contribution in [0.15, 0.2) is 54.6 Å². The van der Waals surface area contributed by atoms with Gasteiger partial charge in [0.15, 0.2) is 0 Å². The largest absolute Gasteiger partial charge is 0.497 e. The van der Waals surface area contributed by atoms with Crippen LogP contribution in [0.3, 0.4) is 0 Å². The molecule has 0 radical (unpaired) electrons. The Morgan fingerprint density at radius 1 is 1.19 bits per heavy atom. The van der Waals surface area contributed by atoms with Gasteiger partial charge in [-0.2, -0.15) is 5.26 Å². The van der Waals surface area contributed by atoms with E-state index in [1.54, 1.807) is 36.3 Å². The third kappa shape index (κ3) is 3.61. The van der Waals surface area contributed by atoms with E-state index in [9.17, 15) is 4.79 Å². The van der Waals surface area contributed by atoms with E-state index in [4.69, 9.17) is 10.00 Å². The van der Waals surface area contributed by atoms with Gasteiger partial charge in [-0.1, -0.05) is 24.3 Å². The summed E-state index contributed by atoms with van der Waals surface area (Å²) in [4.78, 5) is 14.3. The second-order valence-corrected chi connectivity index (χ2v) is 4.43. The molecule has 21 heavy (non-hydrogen) atoms. The maximum Gasteiger partial charge on any atom is 0.258 e. The second-order valence-electron chi connectivity index (χ2n) is 4.43. The summed E-state index contributed by atoms with van der Waals surface area (Å²) in [5.41, 5.74) is 1.32. The molecule has 0 aromatic heterocycles. The van der Waals surface area contributed by atoms with Crippen LogP contribution >= 0.6 is 0 Å². The molecule has 0 heterocycles. The molecule has 4 nitrogen and oxygen atoms in total. The lowest BCUT2D eigenvalue weighted by Crippen LogP contribution is -2.31. The van der Waals surface area contributed by atoms with Gasteiger partial charge in [0, 0.05) is 17.8 Å². The van der Waals surface area contributed by atoms with E-state index in [-0.39, 0.29) is 12.3 Å². The van der Waals surface area contributed by atoms with Gasteiger partial charge in [-0.3, -0.25) is 4.79 Å². The first-order chi connectivity index (χ1) is 10.3. The van der Waals surface area contributed by atoms with E-state index < -0.39 is 0 Å². The van der Waals surface area contributed by atoms with Crippen molar-refractivity contribution in [2.75, 3.05) is 18.6 Å². The summed E-state index contributed by atoms with van der Waals surface area (Å²) >= 11 is 0. The Hall–Kier alpha value is -2.80. The molecule has 4 heteroatoms. The minimum absolute atomic E-state index is 0.143. The maximum absolute atomic E-state index is 12.7. The number of carbonyl (C=O) groups is 1. The third-order valence-corrected chi connectivity index (χ3v) is 3.08. The average Bonchev–Trinajstić information content (AvgIpc) is 2.56. The van der Waals surface area contributed by atoms with Crippen molar-refractivity contribution in [2.24, 2.45) is 0 Å². The number of nitrogens with zero attached hydrogens (tertiary/aromatic N) is 2. The first kappa shape index (κ1) is 14.6. The van der Waals surface area contributed by atoms with Crippen LogP contribution in [0.1, 0.15) is 16.8 Å². The van der Waals surface area contributed by atoms with Gasteiger partial charge in [-0.15, -0.1) is 0 Å². The van der Waals surface area contributed by atoms with E-state index in [2.05, 4.69) is 6.07 Å². The van der Waals surface area contributed by atoms with Gasteiger partial charge in [-0.25, -0.2) is 0 Å². The summed E-state index contributed by atoms with van der Waals surface area (Å²) in [6.07, 6.45) is 0.282. The zero-order chi connectivity index (χ0) is 15.1. The molecule has 0 aliphatic heterocycles. The second kappa shape index (κ2) is 7.11. The first-order valence-electron chi connectivity index (χ1n) is 6.64. The summed E-state index contributed by atoms with van der Waals surface area (Å²) in [7, 11) is 1.56. The van der Waals surface area contributed by atoms with Crippen molar-refractivity contribution in [3.8, 4) is 11.8 Å². The third-order valence-electron chi connectivity index (χ3n) is 3.08. The fourth-order valence-corrected chi connectivity index (χ4v) is 2.03. The van der Waals surface area contributed by atoms with Gasteiger partial charge in [0.25, 0.3) is 5.91 Å². The molecule has 0 saturated carbocycles. The highest BCUT2D eigenvalue weighted by molar-refractivity contribution is 6.06. The molecule has 2 aromatic carbocycles. The number of methoxy groups -OCH3 is 1. The summed E-state index contributed by atoms with van der Waals surface area (Å²) in [6.45, 7) is 0.358. The Kier molecular flexibility index (Phi) is 4.94. The number of hydrogen-bond donors (Lipinski definition) is 0. The Bertz CT molecular complexity index is 647. The van der Waals surface area contributed by atoms with E-state index in [0.717, 1.165) is 5.69 Å². The minimum Gasteiger partial charge on any atom is -0.497 e. The van der Waals surface area contributed by atoms with Gasteiger partial charge in [0.2, 0.25) is 0 Å². The zero-order valence-electron chi connectivity index (χ0n) is 11.8. The number of ether oxygens (including phenoxy) is 1. The number of amides is 1. The van der Waals surface area contributed by atoms with Crippen LogP contribution in [0.25, 0.3) is 0 Å². The zero-order valence-corrected chi connectivity index (χ0v) is 11.8. The molecule has 0 aliphatic rings. The lowest BCUT2D eigenvalue weighted by molar-refractivity contribution is 0.0987. The van der Waals surface area contributed by atoms with E-state index >= 15 is 0 Å². The lowest BCUT2D eigenvalue weighted by Gasteiger charge is -2.22. The molecule has 0 fully saturated rings. The molecular weight excluding hydrogens is 264 g/mol. The first-order valence-corrected chi connectivity index (χ1v) is 6.64. The highest BCUT2D eigenvalue weighted by Crippen LogP contribution is 2.19. The molecule has 0 bridgehead atoms. The van der Waals surface area contributed by atoms with Crippen LogP contribution in [0.4, 0.5) is 5.69 Å². The molecule has 0 saturated heterocycles. The molecule has 1 amide bonds. The predicted octanol–water partition coefficient (Wildman–Crippen LogP) is 3.26. The molecular formula is C17H16N2O2. The molecule has 2 aromatic rings. The fraction of sp³-hybridized carbons (Fsp3) is 0.176. The van der Waals surface area contributed by atoms with Gasteiger partial charge in [0.1, 0.15) is 5.75 Å². The number of benzene rings is 2. The SMILES string of the molecule is COc1cccc(C(=O)N(CCC#N)c2ccccc2)c1. The van der Waals surface area contributed by atoms with Crippen molar-refractivity contribution in [2.45, 2.75) is 6.42 Å². The smallest absolute Gasteiger partial charge is 0.258 e. The summed E-state index contributed by atoms with van der Waals surface area (Å²) in [5.74, 6) is 0.490. The van der Waals surface area contributed by atoms with E-state index in [1.807, 2.05) is 30.3 Å². The van der Waals surface area contributed by atoms with Crippen molar-refractivity contribution < 1.29 is 9.53 Å². The van der Waals surface area contributed by atoms with Gasteiger partial charge < -0.3 is 9.64 Å². The number of hydrogen-bond acceptors (Lipinski definition) is 3. The van der Waals surface area contributed by atoms with Crippen molar-refractivity contribution in [3.63, 3.8) is 0 Å². The van der Waals surface area contributed by atoms with Crippen molar-refractivity contribution >= 4 is 11.6 Å². The average molecular weight is 280 g/mol. The van der Waals surface area contributed by atoms with Crippen LogP contribution in [0.5, 0.6) is 5.75 Å². The van der Waals surface area contributed by atoms with Crippen molar-refractivity contribution in [1.82, 2.24) is 0 Å². The Morgan fingerprint density at radius 3 is 2.62 bits per heavy atom. The molecule has 0 unspecified atom stereocenters. The number of nitriles is 1. The highest BCUT2D eigenvalue weighted by Gasteiger charge is 2.17. The molecule has 0 spiro atoms.